The van der Waals surface area contributed by atoms with Gasteiger partial charge in [-0.25, -0.2) is 0 Å². The summed E-state index contributed by atoms with van der Waals surface area (Å²) in [5.74, 6) is 0.446. The fourth-order valence-corrected chi connectivity index (χ4v) is 7.35. The van der Waals surface area contributed by atoms with Crippen molar-refractivity contribution in [2.24, 2.45) is 34.5 Å². The van der Waals surface area contributed by atoms with Crippen LogP contribution in [0.4, 0.5) is 0 Å². The molecule has 0 aromatic carbocycles. The Bertz CT molecular complexity index is 653. The fourth-order valence-electron chi connectivity index (χ4n) is 7.35. The Balaban J connectivity index is 1.59. The molecule has 144 valence electrons. The van der Waals surface area contributed by atoms with Crippen LogP contribution in [0.5, 0.6) is 0 Å². The van der Waals surface area contributed by atoms with E-state index in [1.807, 2.05) is 0 Å². The molecule has 7 atom stereocenters. The largest absolute Gasteiger partial charge is 0.550 e. The second kappa shape index (κ2) is 6.10. The Labute approximate surface area is 156 Å². The number of hydrogen-bond acceptors (Lipinski definition) is 4. The molecule has 0 bridgehead atoms. The molecule has 0 heterocycles. The molecule has 0 saturated heterocycles. The van der Waals surface area contributed by atoms with Crippen molar-refractivity contribution in [2.75, 3.05) is 0 Å². The number of hydrogen-bond donors (Lipinski definition) is 0. The average molecular weight is 359 g/mol. The van der Waals surface area contributed by atoms with Crippen LogP contribution in [0.25, 0.3) is 0 Å². The summed E-state index contributed by atoms with van der Waals surface area (Å²) in [6.45, 7) is 6.11. The Morgan fingerprint density at radius 1 is 1.12 bits per heavy atom. The summed E-state index contributed by atoms with van der Waals surface area (Å²) in [6, 6.07) is 0. The molecule has 4 nitrogen and oxygen atoms in total. The zero-order chi connectivity index (χ0) is 18.7. The lowest BCUT2D eigenvalue weighted by molar-refractivity contribution is -0.315. The Morgan fingerprint density at radius 3 is 2.58 bits per heavy atom. The van der Waals surface area contributed by atoms with E-state index in [9.17, 15) is 14.7 Å². The Kier molecular flexibility index (Phi) is 4.24. The number of carbonyl (C=O) groups excluding carboxylic acids is 2. The van der Waals surface area contributed by atoms with E-state index in [1.54, 1.807) is 0 Å². The van der Waals surface area contributed by atoms with Gasteiger partial charge in [0.1, 0.15) is 6.10 Å². The minimum atomic E-state index is -0.839. The molecule has 0 unspecified atom stereocenters. The van der Waals surface area contributed by atoms with Gasteiger partial charge in [0.25, 0.3) is 0 Å². The molecule has 0 aliphatic heterocycles. The van der Waals surface area contributed by atoms with Crippen LogP contribution < -0.4 is 5.11 Å². The van der Waals surface area contributed by atoms with E-state index < -0.39 is 5.97 Å². The van der Waals surface area contributed by atoms with Crippen LogP contribution in [0.1, 0.15) is 72.1 Å². The number of esters is 1. The first-order valence-electron chi connectivity index (χ1n) is 10.3. The van der Waals surface area contributed by atoms with Crippen molar-refractivity contribution in [1.82, 2.24) is 0 Å². The first-order chi connectivity index (χ1) is 12.3. The van der Waals surface area contributed by atoms with Crippen LogP contribution >= 0.6 is 0 Å². The highest BCUT2D eigenvalue weighted by atomic mass is 16.5. The third-order valence-corrected chi connectivity index (χ3v) is 8.68. The summed E-state index contributed by atoms with van der Waals surface area (Å²) in [7, 11) is 0. The zero-order valence-corrected chi connectivity index (χ0v) is 16.3. The first kappa shape index (κ1) is 18.1. The SMILES string of the molecule is CC(=O)O[C@@H]1CC[C@@]2(C)C(=CC[C@H]3[C@H]4CC[C@H](C(=O)[O-])[C@]4(C)CC[C@H]32)C1. The molecule has 26 heavy (non-hydrogen) atoms. The molecule has 4 aliphatic carbocycles. The van der Waals surface area contributed by atoms with Crippen LogP contribution in [0.2, 0.25) is 0 Å². The summed E-state index contributed by atoms with van der Waals surface area (Å²) in [5.41, 5.74) is 1.59. The Morgan fingerprint density at radius 2 is 1.88 bits per heavy atom. The second-order valence-electron chi connectivity index (χ2n) is 9.73. The summed E-state index contributed by atoms with van der Waals surface area (Å²) >= 11 is 0. The zero-order valence-electron chi connectivity index (χ0n) is 16.3. The number of aliphatic carboxylic acids is 1. The van der Waals surface area contributed by atoms with Crippen molar-refractivity contribution in [1.29, 1.82) is 0 Å². The molecule has 0 radical (unpaired) electrons. The molecule has 4 rings (SSSR count). The number of allylic oxidation sites excluding steroid dienone is 1. The second-order valence-corrected chi connectivity index (χ2v) is 9.73. The van der Waals surface area contributed by atoms with Gasteiger partial charge in [0.2, 0.25) is 0 Å². The molecular formula is C22H31O4-. The third kappa shape index (κ3) is 2.55. The monoisotopic (exact) mass is 359 g/mol. The van der Waals surface area contributed by atoms with E-state index in [1.165, 1.54) is 12.5 Å². The highest BCUT2D eigenvalue weighted by Crippen LogP contribution is 2.66. The van der Waals surface area contributed by atoms with Gasteiger partial charge in [-0.15, -0.1) is 0 Å². The van der Waals surface area contributed by atoms with Gasteiger partial charge in [-0.3, -0.25) is 4.79 Å². The maximum Gasteiger partial charge on any atom is 0.302 e. The minimum Gasteiger partial charge on any atom is -0.550 e. The molecule has 4 aliphatic rings. The molecule has 3 fully saturated rings. The van der Waals surface area contributed by atoms with Crippen molar-refractivity contribution >= 4 is 11.9 Å². The van der Waals surface area contributed by atoms with Crippen molar-refractivity contribution in [3.8, 4) is 0 Å². The van der Waals surface area contributed by atoms with Gasteiger partial charge in [-0.2, -0.15) is 0 Å². The van der Waals surface area contributed by atoms with Crippen molar-refractivity contribution in [3.63, 3.8) is 0 Å². The lowest BCUT2D eigenvalue weighted by Gasteiger charge is -2.58. The van der Waals surface area contributed by atoms with E-state index in [4.69, 9.17) is 4.74 Å². The van der Waals surface area contributed by atoms with Gasteiger partial charge in [0.15, 0.2) is 0 Å². The van der Waals surface area contributed by atoms with E-state index in [0.717, 1.165) is 51.4 Å². The predicted octanol–water partition coefficient (Wildman–Crippen LogP) is 3.25. The summed E-state index contributed by atoms with van der Waals surface area (Å²) in [5, 5.41) is 11.7. The minimum absolute atomic E-state index is 0.0335. The van der Waals surface area contributed by atoms with Crippen LogP contribution in [-0.2, 0) is 14.3 Å². The van der Waals surface area contributed by atoms with Crippen molar-refractivity contribution in [2.45, 2.75) is 78.2 Å². The molecule has 0 amide bonds. The van der Waals surface area contributed by atoms with Gasteiger partial charge < -0.3 is 14.6 Å². The first-order valence-corrected chi connectivity index (χ1v) is 10.3. The number of rotatable bonds is 2. The van der Waals surface area contributed by atoms with Gasteiger partial charge in [-0.05, 0) is 73.5 Å². The topological polar surface area (TPSA) is 66.4 Å². The molecule has 0 aromatic rings. The predicted molar refractivity (Wildman–Crippen MR) is 95.8 cm³/mol. The van der Waals surface area contributed by atoms with Crippen LogP contribution in [0, 0.1) is 34.5 Å². The van der Waals surface area contributed by atoms with Gasteiger partial charge >= 0.3 is 5.97 Å². The number of carbonyl (C=O) groups is 2. The Hall–Kier alpha value is -1.32. The number of carboxylic acids is 1. The van der Waals surface area contributed by atoms with E-state index >= 15 is 0 Å². The lowest BCUT2D eigenvalue weighted by Crippen LogP contribution is -2.52. The maximum atomic E-state index is 11.7. The van der Waals surface area contributed by atoms with E-state index in [-0.39, 0.29) is 28.8 Å². The van der Waals surface area contributed by atoms with Crippen LogP contribution in [0.15, 0.2) is 11.6 Å². The third-order valence-electron chi connectivity index (χ3n) is 8.68. The quantitative estimate of drug-likeness (QED) is 0.561. The number of ether oxygens (including phenoxy) is 1. The number of fused-ring (bicyclic) bond motifs is 5. The highest BCUT2D eigenvalue weighted by Gasteiger charge is 2.58. The summed E-state index contributed by atoms with van der Waals surface area (Å²) in [4.78, 5) is 23.0. The molecule has 0 aromatic heterocycles. The van der Waals surface area contributed by atoms with E-state index in [2.05, 4.69) is 19.9 Å². The lowest BCUT2D eigenvalue weighted by atomic mass is 9.47. The highest BCUT2D eigenvalue weighted by molar-refractivity contribution is 5.69. The standard InChI is InChI=1S/C22H32O4/c1-13(23)26-15-8-10-21(2)14(12-15)4-5-16-17-6-7-19(20(24)25)22(17,3)11-9-18(16)21/h4,15-19H,5-12H2,1-3H3,(H,24,25)/p-1/t15-,16+,17-,18-,19-,21+,22-/m1/s1. The van der Waals surface area contributed by atoms with E-state index in [0.29, 0.717) is 17.8 Å². The molecular weight excluding hydrogens is 328 g/mol. The van der Waals surface area contributed by atoms with Crippen LogP contribution in [0.3, 0.4) is 0 Å². The average Bonchev–Trinajstić information content (AvgIpc) is 2.92. The normalized spacial score (nSPS) is 47.2. The van der Waals surface area contributed by atoms with Gasteiger partial charge in [-0.1, -0.05) is 25.5 Å². The summed E-state index contributed by atoms with van der Waals surface area (Å²) < 4.78 is 5.50. The van der Waals surface area contributed by atoms with Crippen LogP contribution in [-0.4, -0.2) is 18.0 Å². The number of carboxylic acid groups (broad SMARTS) is 1. The summed E-state index contributed by atoms with van der Waals surface area (Å²) in [6.07, 6.45) is 10.3. The van der Waals surface area contributed by atoms with Crippen molar-refractivity contribution in [3.05, 3.63) is 11.6 Å². The van der Waals surface area contributed by atoms with Gasteiger partial charge in [0.05, 0.1) is 0 Å². The smallest absolute Gasteiger partial charge is 0.302 e. The maximum absolute atomic E-state index is 11.7. The molecule has 4 heteroatoms. The molecule has 0 spiro atoms. The van der Waals surface area contributed by atoms with Crippen molar-refractivity contribution < 1.29 is 19.4 Å². The van der Waals surface area contributed by atoms with Gasteiger partial charge in [0, 0.05) is 25.2 Å². The fraction of sp³-hybridized carbons (Fsp3) is 0.818. The molecule has 0 N–H and O–H groups in total. The molecule has 3 saturated carbocycles.